The van der Waals surface area contributed by atoms with E-state index in [1.165, 1.54) is 18.2 Å². The first-order valence-corrected chi connectivity index (χ1v) is 9.09. The van der Waals surface area contributed by atoms with E-state index in [0.717, 1.165) is 29.8 Å². The lowest BCUT2D eigenvalue weighted by atomic mass is 9.84. The third-order valence-corrected chi connectivity index (χ3v) is 5.88. The van der Waals surface area contributed by atoms with Crippen LogP contribution in [0.4, 0.5) is 5.69 Å². The van der Waals surface area contributed by atoms with E-state index in [0.29, 0.717) is 18.0 Å². The molecule has 0 aromatic heterocycles. The molecule has 1 fully saturated rings. The lowest BCUT2D eigenvalue weighted by molar-refractivity contribution is -0.115. The van der Waals surface area contributed by atoms with Crippen LogP contribution in [0.5, 0.6) is 0 Å². The molecule has 0 saturated heterocycles. The number of halogens is 1. The molecule has 132 valence electrons. The van der Waals surface area contributed by atoms with E-state index in [4.69, 9.17) is 5.73 Å². The van der Waals surface area contributed by atoms with E-state index in [-0.39, 0.29) is 35.5 Å². The fourth-order valence-corrected chi connectivity index (χ4v) is 4.21. The van der Waals surface area contributed by atoms with Gasteiger partial charge in [-0.1, -0.05) is 12.8 Å². The van der Waals surface area contributed by atoms with Crippen molar-refractivity contribution in [2.75, 3.05) is 11.9 Å². The molecule has 1 aromatic rings. The molecular weight excluding hydrogens is 346 g/mol. The lowest BCUT2D eigenvalue weighted by Crippen LogP contribution is -2.44. The summed E-state index contributed by atoms with van der Waals surface area (Å²) < 4.78 is 0. The number of nitrogens with one attached hydrogen (secondary N) is 2. The van der Waals surface area contributed by atoms with Crippen LogP contribution in [0, 0.1) is 5.92 Å². The summed E-state index contributed by atoms with van der Waals surface area (Å²) >= 11 is 1.52. The quantitative estimate of drug-likeness (QED) is 0.764. The maximum atomic E-state index is 12.5. The van der Waals surface area contributed by atoms with Gasteiger partial charge in [0.1, 0.15) is 0 Å². The van der Waals surface area contributed by atoms with E-state index in [2.05, 4.69) is 10.6 Å². The summed E-state index contributed by atoms with van der Waals surface area (Å²) in [6.07, 6.45) is 4.39. The van der Waals surface area contributed by atoms with E-state index in [9.17, 15) is 9.59 Å². The van der Waals surface area contributed by atoms with Crippen molar-refractivity contribution >= 4 is 41.7 Å². The van der Waals surface area contributed by atoms with Gasteiger partial charge in [-0.2, -0.15) is 0 Å². The zero-order valence-electron chi connectivity index (χ0n) is 13.7. The molecule has 0 spiro atoms. The highest BCUT2D eigenvalue weighted by atomic mass is 35.5. The second-order valence-corrected chi connectivity index (χ2v) is 7.70. The molecule has 1 saturated carbocycles. The van der Waals surface area contributed by atoms with Crippen molar-refractivity contribution in [1.29, 1.82) is 0 Å². The van der Waals surface area contributed by atoms with Gasteiger partial charge >= 0.3 is 0 Å². The number of carbonyl (C=O) groups is 2. The van der Waals surface area contributed by atoms with Crippen LogP contribution < -0.4 is 16.4 Å². The summed E-state index contributed by atoms with van der Waals surface area (Å²) in [5.41, 5.74) is 7.14. The summed E-state index contributed by atoms with van der Waals surface area (Å²) in [5, 5.41) is 5.89. The third kappa shape index (κ3) is 4.05. The summed E-state index contributed by atoms with van der Waals surface area (Å²) in [5.74, 6) is 0.257. The summed E-state index contributed by atoms with van der Waals surface area (Å²) in [6, 6.07) is 5.65. The fraction of sp³-hybridized carbons (Fsp3) is 0.529. The predicted molar refractivity (Wildman–Crippen MR) is 99.9 cm³/mol. The van der Waals surface area contributed by atoms with Gasteiger partial charge in [-0.05, 0) is 50.4 Å². The molecule has 1 aliphatic carbocycles. The van der Waals surface area contributed by atoms with Crippen LogP contribution in [0.25, 0.3) is 0 Å². The summed E-state index contributed by atoms with van der Waals surface area (Å²) in [6.45, 7) is 2.49. The Labute approximate surface area is 152 Å². The molecule has 1 aliphatic heterocycles. The first kappa shape index (κ1) is 19.1. The topological polar surface area (TPSA) is 84.2 Å². The second kappa shape index (κ2) is 8.23. The number of anilines is 1. The number of nitrogens with two attached hydrogens (primary N) is 1. The minimum atomic E-state index is -0.102. The molecule has 0 bridgehead atoms. The molecule has 4 N–H and O–H groups in total. The Bertz CT molecular complexity index is 626. The van der Waals surface area contributed by atoms with Crippen LogP contribution in [-0.4, -0.2) is 29.7 Å². The Morgan fingerprint density at radius 3 is 2.88 bits per heavy atom. The average molecular weight is 370 g/mol. The third-order valence-electron chi connectivity index (χ3n) is 4.70. The Hall–Kier alpha value is -1.24. The molecule has 7 heteroatoms. The Morgan fingerprint density at radius 2 is 2.12 bits per heavy atom. The van der Waals surface area contributed by atoms with Gasteiger partial charge in [0.15, 0.2) is 0 Å². The monoisotopic (exact) mass is 369 g/mol. The zero-order valence-corrected chi connectivity index (χ0v) is 15.3. The number of hydrogen-bond donors (Lipinski definition) is 3. The number of carbonyl (C=O) groups excluding carboxylic acids is 2. The van der Waals surface area contributed by atoms with Crippen LogP contribution in [0.15, 0.2) is 23.1 Å². The van der Waals surface area contributed by atoms with Crippen molar-refractivity contribution in [2.45, 2.75) is 48.8 Å². The smallest absolute Gasteiger partial charge is 0.251 e. The van der Waals surface area contributed by atoms with Gasteiger partial charge in [0, 0.05) is 16.5 Å². The second-order valence-electron chi connectivity index (χ2n) is 6.32. The van der Waals surface area contributed by atoms with Gasteiger partial charge in [-0.25, -0.2) is 0 Å². The van der Waals surface area contributed by atoms with Crippen molar-refractivity contribution in [3.63, 3.8) is 0 Å². The summed E-state index contributed by atoms with van der Waals surface area (Å²) in [4.78, 5) is 25.3. The number of thioether (sulfide) groups is 1. The normalized spacial score (nSPS) is 25.9. The number of benzene rings is 1. The zero-order chi connectivity index (χ0) is 16.4. The summed E-state index contributed by atoms with van der Waals surface area (Å²) in [7, 11) is 0. The van der Waals surface area contributed by atoms with Crippen molar-refractivity contribution in [3.8, 4) is 0 Å². The van der Waals surface area contributed by atoms with Crippen molar-refractivity contribution in [2.24, 2.45) is 11.7 Å². The van der Waals surface area contributed by atoms with Crippen LogP contribution in [-0.2, 0) is 4.79 Å². The van der Waals surface area contributed by atoms with Gasteiger partial charge in [0.2, 0.25) is 5.91 Å². The van der Waals surface area contributed by atoms with E-state index in [1.807, 2.05) is 19.1 Å². The Morgan fingerprint density at radius 1 is 1.38 bits per heavy atom. The van der Waals surface area contributed by atoms with Crippen molar-refractivity contribution in [3.05, 3.63) is 23.8 Å². The molecule has 5 nitrogen and oxygen atoms in total. The highest BCUT2D eigenvalue weighted by Gasteiger charge is 2.27. The molecule has 3 unspecified atom stereocenters. The molecule has 3 rings (SSSR count). The Balaban J connectivity index is 0.00000208. The highest BCUT2D eigenvalue weighted by molar-refractivity contribution is 8.00. The predicted octanol–water partition coefficient (Wildman–Crippen LogP) is 2.79. The largest absolute Gasteiger partial charge is 0.349 e. The molecule has 1 heterocycles. The molecule has 0 radical (unpaired) electrons. The number of rotatable bonds is 3. The van der Waals surface area contributed by atoms with Gasteiger partial charge < -0.3 is 16.4 Å². The minimum Gasteiger partial charge on any atom is -0.349 e. The van der Waals surface area contributed by atoms with Gasteiger partial charge in [0.25, 0.3) is 5.91 Å². The first-order valence-electron chi connectivity index (χ1n) is 8.21. The van der Waals surface area contributed by atoms with Crippen molar-refractivity contribution < 1.29 is 9.59 Å². The molecule has 3 atom stereocenters. The average Bonchev–Trinajstić information content (AvgIpc) is 2.56. The van der Waals surface area contributed by atoms with E-state index in [1.54, 1.807) is 6.07 Å². The van der Waals surface area contributed by atoms with Gasteiger partial charge in [-0.3, -0.25) is 9.59 Å². The van der Waals surface area contributed by atoms with Crippen LogP contribution in [0.3, 0.4) is 0 Å². The molecule has 24 heavy (non-hydrogen) atoms. The van der Waals surface area contributed by atoms with Crippen LogP contribution >= 0.6 is 24.2 Å². The molecule has 2 amide bonds. The maximum Gasteiger partial charge on any atom is 0.251 e. The lowest BCUT2D eigenvalue weighted by Gasteiger charge is -2.31. The molecular formula is C17H24ClN3O2S. The van der Waals surface area contributed by atoms with E-state index < -0.39 is 0 Å². The SMILES string of the molecule is CC1Sc2ccc(C(=O)NC3CCCCC3CN)cc2NC1=O.Cl. The standard InChI is InChI=1S/C17H23N3O2S.ClH/c1-10-16(21)20-14-8-11(6-7-15(14)23-10)17(22)19-13-5-3-2-4-12(13)9-18;/h6-8,10,12-13H,2-5,9,18H2,1H3,(H,19,22)(H,20,21);1H. The van der Waals surface area contributed by atoms with Crippen LogP contribution in [0.2, 0.25) is 0 Å². The maximum absolute atomic E-state index is 12.5. The van der Waals surface area contributed by atoms with E-state index >= 15 is 0 Å². The highest BCUT2D eigenvalue weighted by Crippen LogP contribution is 2.36. The number of hydrogen-bond acceptors (Lipinski definition) is 4. The fourth-order valence-electron chi connectivity index (χ4n) is 3.28. The van der Waals surface area contributed by atoms with Crippen LogP contribution in [0.1, 0.15) is 43.0 Å². The Kier molecular flexibility index (Phi) is 6.54. The van der Waals surface area contributed by atoms with Gasteiger partial charge in [-0.15, -0.1) is 24.2 Å². The van der Waals surface area contributed by atoms with Gasteiger partial charge in [0.05, 0.1) is 10.9 Å². The molecule has 1 aromatic carbocycles. The molecule has 2 aliphatic rings. The number of amides is 2. The number of fused-ring (bicyclic) bond motifs is 1. The minimum absolute atomic E-state index is 0. The van der Waals surface area contributed by atoms with Crippen molar-refractivity contribution in [1.82, 2.24) is 5.32 Å². The first-order chi connectivity index (χ1) is 11.1.